The van der Waals surface area contributed by atoms with E-state index in [1.54, 1.807) is 7.11 Å². The van der Waals surface area contributed by atoms with E-state index in [1.807, 2.05) is 0 Å². The summed E-state index contributed by atoms with van der Waals surface area (Å²) in [5, 5.41) is 4.76. The van der Waals surface area contributed by atoms with Gasteiger partial charge in [-0.2, -0.15) is 0 Å². The second kappa shape index (κ2) is 4.70. The first-order valence-corrected chi connectivity index (χ1v) is 4.61. The molecule has 1 aliphatic rings. The van der Waals surface area contributed by atoms with Gasteiger partial charge < -0.3 is 10.1 Å². The van der Waals surface area contributed by atoms with Crippen LogP contribution in [0.2, 0.25) is 0 Å². The van der Waals surface area contributed by atoms with Crippen LogP contribution in [0.3, 0.4) is 0 Å². The van der Waals surface area contributed by atoms with Crippen molar-refractivity contribution in [3.8, 4) is 0 Å². The Morgan fingerprint density at radius 2 is 1.46 bits per heavy atom. The summed E-state index contributed by atoms with van der Waals surface area (Å²) in [6.45, 7) is 8.72. The van der Waals surface area contributed by atoms with E-state index in [0.29, 0.717) is 6.10 Å². The molecular formula is C10H20NOY+2. The summed E-state index contributed by atoms with van der Waals surface area (Å²) in [6.07, 6.45) is 2.48. The van der Waals surface area contributed by atoms with Gasteiger partial charge in [-0.05, 0) is 12.8 Å². The van der Waals surface area contributed by atoms with Crippen LogP contribution in [0.4, 0.5) is 0 Å². The van der Waals surface area contributed by atoms with Gasteiger partial charge in [-0.1, -0.05) is 27.7 Å². The third-order valence-corrected chi connectivity index (χ3v) is 2.39. The summed E-state index contributed by atoms with van der Waals surface area (Å²) >= 11 is 0. The maximum Gasteiger partial charge on any atom is 3.00 e. The first-order valence-electron chi connectivity index (χ1n) is 4.61. The molecule has 1 saturated heterocycles. The third kappa shape index (κ3) is 4.37. The van der Waals surface area contributed by atoms with E-state index >= 15 is 0 Å². The molecule has 0 atom stereocenters. The van der Waals surface area contributed by atoms with Crippen LogP contribution in [0, 0.1) is 0 Å². The molecule has 0 radical (unpaired) electrons. The maximum atomic E-state index is 5.40. The van der Waals surface area contributed by atoms with E-state index in [0.717, 1.165) is 12.8 Å². The molecule has 0 unspecified atom stereocenters. The number of hydrogen-bond donors (Lipinski definition) is 0. The van der Waals surface area contributed by atoms with Crippen LogP contribution in [0.25, 0.3) is 5.32 Å². The van der Waals surface area contributed by atoms with Crippen molar-refractivity contribution < 1.29 is 37.4 Å². The molecule has 1 rings (SSSR count). The Labute approximate surface area is 107 Å². The van der Waals surface area contributed by atoms with Gasteiger partial charge in [0.15, 0.2) is 0 Å². The van der Waals surface area contributed by atoms with Gasteiger partial charge in [-0.15, -0.1) is 11.1 Å². The Morgan fingerprint density at radius 3 is 1.77 bits per heavy atom. The monoisotopic (exact) mass is 259 g/mol. The minimum atomic E-state index is 0. The number of piperidine rings is 1. The zero-order chi connectivity index (χ0) is 9.41. The van der Waals surface area contributed by atoms with E-state index < -0.39 is 0 Å². The van der Waals surface area contributed by atoms with E-state index in [-0.39, 0.29) is 43.8 Å². The first kappa shape index (κ1) is 14.0. The molecule has 0 aromatic rings. The molecule has 0 aromatic heterocycles. The van der Waals surface area contributed by atoms with E-state index in [1.165, 1.54) is 0 Å². The number of ether oxygens (including phenoxy) is 1. The fourth-order valence-corrected chi connectivity index (χ4v) is 2.26. The number of methoxy groups -OCH3 is 1. The molecule has 0 N–H and O–H groups in total. The average molecular weight is 259 g/mol. The molecule has 0 aliphatic carbocycles. The Bertz CT molecular complexity index is 152. The van der Waals surface area contributed by atoms with Crippen LogP contribution < -0.4 is 0 Å². The van der Waals surface area contributed by atoms with Crippen LogP contribution >= 0.6 is 0 Å². The van der Waals surface area contributed by atoms with Crippen molar-refractivity contribution >= 4 is 0 Å². The van der Waals surface area contributed by atoms with Gasteiger partial charge in [0, 0.05) is 7.11 Å². The summed E-state index contributed by atoms with van der Waals surface area (Å²) in [4.78, 5) is 0. The van der Waals surface area contributed by atoms with E-state index in [4.69, 9.17) is 10.1 Å². The molecule has 0 bridgehead atoms. The van der Waals surface area contributed by atoms with E-state index in [2.05, 4.69) is 27.7 Å². The van der Waals surface area contributed by atoms with Crippen molar-refractivity contribution in [2.75, 3.05) is 7.11 Å². The molecule has 13 heavy (non-hydrogen) atoms. The van der Waals surface area contributed by atoms with Gasteiger partial charge in [0.05, 0.1) is 6.10 Å². The van der Waals surface area contributed by atoms with Gasteiger partial charge in [0.25, 0.3) is 0 Å². The molecule has 1 aliphatic heterocycles. The summed E-state index contributed by atoms with van der Waals surface area (Å²) in [7, 11) is 1.79. The van der Waals surface area contributed by atoms with Gasteiger partial charge in [0.1, 0.15) is 0 Å². The smallest absolute Gasteiger partial charge is 0.652 e. The minimum absolute atomic E-state index is 0. The molecule has 3 heteroatoms. The van der Waals surface area contributed by atoms with Crippen LogP contribution in [0.1, 0.15) is 40.5 Å². The topological polar surface area (TPSA) is 23.3 Å². The Hall–Kier alpha value is 1.02. The first-order chi connectivity index (χ1) is 5.35. The van der Waals surface area contributed by atoms with Crippen molar-refractivity contribution in [3.63, 3.8) is 0 Å². The predicted octanol–water partition coefficient (Wildman–Crippen LogP) is 2.72. The van der Waals surface area contributed by atoms with Gasteiger partial charge in [-0.3, -0.25) is 0 Å². The number of hydrogen-bond acceptors (Lipinski definition) is 1. The third-order valence-electron chi connectivity index (χ3n) is 2.39. The zero-order valence-electron chi connectivity index (χ0n) is 9.42. The van der Waals surface area contributed by atoms with Crippen LogP contribution in [0.5, 0.6) is 0 Å². The summed E-state index contributed by atoms with van der Waals surface area (Å²) < 4.78 is 5.40. The fraction of sp³-hybridized carbons (Fsp3) is 1.00. The van der Waals surface area contributed by atoms with Crippen molar-refractivity contribution in [1.29, 1.82) is 0 Å². The molecule has 0 aromatic carbocycles. The van der Waals surface area contributed by atoms with Crippen molar-refractivity contribution in [2.45, 2.75) is 57.7 Å². The molecule has 72 valence electrons. The Balaban J connectivity index is 0.00000144. The minimum Gasteiger partial charge on any atom is -0.652 e. The molecule has 0 saturated carbocycles. The standard InChI is InChI=1S/C10H20NO.Y/c1-9(2)6-8(12-5)7-10(3,4)11-9;/h8H,6-7H2,1-5H3;/q-1;+3. The number of nitrogens with zero attached hydrogens (tertiary/aromatic N) is 1. The maximum absolute atomic E-state index is 5.40. The van der Waals surface area contributed by atoms with Crippen molar-refractivity contribution in [1.82, 2.24) is 0 Å². The summed E-state index contributed by atoms with van der Waals surface area (Å²) in [6, 6.07) is 0. The van der Waals surface area contributed by atoms with Gasteiger partial charge >= 0.3 is 32.7 Å². The summed E-state index contributed by atoms with van der Waals surface area (Å²) in [5.74, 6) is 0. The van der Waals surface area contributed by atoms with Crippen molar-refractivity contribution in [3.05, 3.63) is 5.32 Å². The summed E-state index contributed by atoms with van der Waals surface area (Å²) in [5.41, 5.74) is 0.171. The quantitative estimate of drug-likeness (QED) is 0.710. The second-order valence-electron chi connectivity index (χ2n) is 5.00. The molecule has 1 heterocycles. The molecule has 2 nitrogen and oxygen atoms in total. The van der Waals surface area contributed by atoms with Crippen LogP contribution in [-0.2, 0) is 37.4 Å². The van der Waals surface area contributed by atoms with Gasteiger partial charge in [0.2, 0.25) is 0 Å². The number of rotatable bonds is 1. The Kier molecular flexibility index (Phi) is 5.07. The van der Waals surface area contributed by atoms with E-state index in [9.17, 15) is 0 Å². The van der Waals surface area contributed by atoms with Gasteiger partial charge in [-0.25, -0.2) is 0 Å². The SMILES string of the molecule is COC1CC(C)(C)[N-]C(C)(C)C1.[Y+3]. The molecule has 0 amide bonds. The molecule has 0 spiro atoms. The van der Waals surface area contributed by atoms with Crippen LogP contribution in [-0.4, -0.2) is 24.3 Å². The Morgan fingerprint density at radius 1 is 1.08 bits per heavy atom. The predicted molar refractivity (Wildman–Crippen MR) is 51.5 cm³/mol. The fourth-order valence-electron chi connectivity index (χ4n) is 2.26. The largest absolute Gasteiger partial charge is 3.00 e. The van der Waals surface area contributed by atoms with Crippen LogP contribution in [0.15, 0.2) is 0 Å². The second-order valence-corrected chi connectivity index (χ2v) is 5.00. The average Bonchev–Trinajstić information content (AvgIpc) is 1.80. The van der Waals surface area contributed by atoms with Crippen molar-refractivity contribution in [2.24, 2.45) is 0 Å². The molecular weight excluding hydrogens is 239 g/mol. The molecule has 1 fully saturated rings. The zero-order valence-corrected chi connectivity index (χ0v) is 12.3. The normalized spacial score (nSPS) is 26.5.